The number of hydrogen-bond donors (Lipinski definition) is 1. The van der Waals surface area contributed by atoms with Crippen LogP contribution >= 0.6 is 0 Å². The Labute approximate surface area is 95.1 Å². The lowest BCUT2D eigenvalue weighted by Crippen LogP contribution is -2.35. The third kappa shape index (κ3) is 3.16. The summed E-state index contributed by atoms with van der Waals surface area (Å²) < 4.78 is 0. The van der Waals surface area contributed by atoms with Crippen LogP contribution in [0.15, 0.2) is 12.4 Å². The summed E-state index contributed by atoms with van der Waals surface area (Å²) in [6.45, 7) is 0.676. The second-order valence-electron chi connectivity index (χ2n) is 3.74. The Kier molecular flexibility index (Phi) is 4.19. The molecule has 0 aliphatic rings. The first-order valence-electron chi connectivity index (χ1n) is 4.97. The molecular weight excluding hydrogens is 206 g/mol. The van der Waals surface area contributed by atoms with Crippen LogP contribution in [-0.2, 0) is 11.3 Å². The summed E-state index contributed by atoms with van der Waals surface area (Å²) in [4.78, 5) is 22.9. The van der Waals surface area contributed by atoms with Gasteiger partial charge in [0.15, 0.2) is 0 Å². The molecular formula is C10H17N5O. The predicted octanol–water partition coefficient (Wildman–Crippen LogP) is -0.540. The molecule has 0 aliphatic heterocycles. The molecule has 6 nitrogen and oxygen atoms in total. The predicted molar refractivity (Wildman–Crippen MR) is 61.9 cm³/mol. The zero-order chi connectivity index (χ0) is 12.1. The van der Waals surface area contributed by atoms with Gasteiger partial charge in [-0.05, 0) is 0 Å². The van der Waals surface area contributed by atoms with E-state index >= 15 is 0 Å². The van der Waals surface area contributed by atoms with Gasteiger partial charge >= 0.3 is 0 Å². The number of nitrogens with two attached hydrogens (primary N) is 1. The van der Waals surface area contributed by atoms with E-state index < -0.39 is 0 Å². The Morgan fingerprint density at radius 3 is 2.31 bits per heavy atom. The van der Waals surface area contributed by atoms with Crippen molar-refractivity contribution in [2.75, 3.05) is 32.6 Å². The molecule has 0 unspecified atom stereocenters. The minimum atomic E-state index is 0.00833. The van der Waals surface area contributed by atoms with E-state index in [9.17, 15) is 4.79 Å². The molecule has 0 atom stereocenters. The number of hydrogen-bond acceptors (Lipinski definition) is 5. The number of carbonyl (C=O) groups excluding carboxylic acids is 1. The fourth-order valence-corrected chi connectivity index (χ4v) is 1.07. The second-order valence-corrected chi connectivity index (χ2v) is 3.74. The van der Waals surface area contributed by atoms with Gasteiger partial charge in [-0.3, -0.25) is 4.79 Å². The molecule has 88 valence electrons. The Hall–Kier alpha value is -1.69. The summed E-state index contributed by atoms with van der Waals surface area (Å²) in [6, 6.07) is 0. The number of carbonyl (C=O) groups is 1. The third-order valence-corrected chi connectivity index (χ3v) is 2.14. The van der Waals surface area contributed by atoms with Crippen LogP contribution in [0.2, 0.25) is 0 Å². The number of aromatic nitrogens is 2. The molecule has 0 aliphatic carbocycles. The number of rotatable bonds is 4. The number of likely N-dealkylation sites (N-methyl/N-ethyl adjacent to an activating group) is 2. The van der Waals surface area contributed by atoms with Crippen LogP contribution in [0.5, 0.6) is 0 Å². The first-order chi connectivity index (χ1) is 7.54. The Morgan fingerprint density at radius 2 is 1.88 bits per heavy atom. The molecule has 6 heteroatoms. The molecule has 1 aromatic heterocycles. The van der Waals surface area contributed by atoms with Crippen LogP contribution < -0.4 is 10.6 Å². The first-order valence-corrected chi connectivity index (χ1v) is 4.97. The zero-order valence-electron chi connectivity index (χ0n) is 9.84. The molecule has 0 radical (unpaired) electrons. The minimum absolute atomic E-state index is 0.00833. The second kappa shape index (κ2) is 5.41. The lowest BCUT2D eigenvalue weighted by Gasteiger charge is -2.18. The SMILES string of the molecule is CN(C)C(=O)CN(C)c1ncc(CN)cn1. The molecule has 1 amide bonds. The molecule has 1 aromatic rings. The van der Waals surface area contributed by atoms with E-state index in [4.69, 9.17) is 5.73 Å². The maximum atomic E-state index is 11.5. The van der Waals surface area contributed by atoms with Crippen LogP contribution in [0, 0.1) is 0 Å². The van der Waals surface area contributed by atoms with Crippen molar-refractivity contribution in [1.82, 2.24) is 14.9 Å². The van der Waals surface area contributed by atoms with Crippen molar-refractivity contribution < 1.29 is 4.79 Å². The summed E-state index contributed by atoms with van der Waals surface area (Å²) >= 11 is 0. The van der Waals surface area contributed by atoms with Gasteiger partial charge in [-0.15, -0.1) is 0 Å². The monoisotopic (exact) mass is 223 g/mol. The van der Waals surface area contributed by atoms with Gasteiger partial charge in [0.1, 0.15) is 0 Å². The van der Waals surface area contributed by atoms with E-state index in [-0.39, 0.29) is 12.5 Å². The Balaban J connectivity index is 2.65. The van der Waals surface area contributed by atoms with Gasteiger partial charge in [-0.25, -0.2) is 9.97 Å². The fraction of sp³-hybridized carbons (Fsp3) is 0.500. The van der Waals surface area contributed by atoms with E-state index in [0.717, 1.165) is 5.56 Å². The number of amides is 1. The normalized spacial score (nSPS) is 10.0. The third-order valence-electron chi connectivity index (χ3n) is 2.14. The maximum Gasteiger partial charge on any atom is 0.241 e. The zero-order valence-corrected chi connectivity index (χ0v) is 9.84. The van der Waals surface area contributed by atoms with Gasteiger partial charge in [0, 0.05) is 45.6 Å². The van der Waals surface area contributed by atoms with Crippen molar-refractivity contribution in [3.63, 3.8) is 0 Å². The van der Waals surface area contributed by atoms with Crippen LogP contribution in [0.4, 0.5) is 5.95 Å². The minimum Gasteiger partial charge on any atom is -0.347 e. The molecule has 0 spiro atoms. The molecule has 1 rings (SSSR count). The van der Waals surface area contributed by atoms with Crippen molar-refractivity contribution in [2.45, 2.75) is 6.54 Å². The average molecular weight is 223 g/mol. The highest BCUT2D eigenvalue weighted by molar-refractivity contribution is 5.80. The summed E-state index contributed by atoms with van der Waals surface area (Å²) in [6.07, 6.45) is 3.33. The highest BCUT2D eigenvalue weighted by Gasteiger charge is 2.10. The van der Waals surface area contributed by atoms with E-state index in [1.807, 2.05) is 0 Å². The molecule has 1 heterocycles. The smallest absolute Gasteiger partial charge is 0.241 e. The summed E-state index contributed by atoms with van der Waals surface area (Å²) in [5.41, 5.74) is 6.31. The van der Waals surface area contributed by atoms with Crippen molar-refractivity contribution in [3.8, 4) is 0 Å². The lowest BCUT2D eigenvalue weighted by atomic mass is 10.3. The van der Waals surface area contributed by atoms with Gasteiger partial charge in [0.05, 0.1) is 6.54 Å². The van der Waals surface area contributed by atoms with Crippen molar-refractivity contribution >= 4 is 11.9 Å². The molecule has 0 aromatic carbocycles. The van der Waals surface area contributed by atoms with Gasteiger partial charge < -0.3 is 15.5 Å². The molecule has 0 fully saturated rings. The molecule has 2 N–H and O–H groups in total. The Morgan fingerprint density at radius 1 is 1.31 bits per heavy atom. The van der Waals surface area contributed by atoms with E-state index in [1.54, 1.807) is 38.4 Å². The molecule has 0 bridgehead atoms. The van der Waals surface area contributed by atoms with Crippen LogP contribution in [0.25, 0.3) is 0 Å². The average Bonchev–Trinajstić information content (AvgIpc) is 2.28. The van der Waals surface area contributed by atoms with E-state index in [1.165, 1.54) is 4.90 Å². The van der Waals surface area contributed by atoms with Crippen molar-refractivity contribution in [1.29, 1.82) is 0 Å². The van der Waals surface area contributed by atoms with Gasteiger partial charge in [-0.1, -0.05) is 0 Å². The summed E-state index contributed by atoms with van der Waals surface area (Å²) in [7, 11) is 5.21. The highest BCUT2D eigenvalue weighted by Crippen LogP contribution is 2.04. The van der Waals surface area contributed by atoms with Crippen LogP contribution in [0.3, 0.4) is 0 Å². The molecule has 16 heavy (non-hydrogen) atoms. The number of nitrogens with zero attached hydrogens (tertiary/aromatic N) is 4. The first kappa shape index (κ1) is 12.4. The quantitative estimate of drug-likeness (QED) is 0.742. The van der Waals surface area contributed by atoms with Gasteiger partial charge in [-0.2, -0.15) is 0 Å². The highest BCUT2D eigenvalue weighted by atomic mass is 16.2. The van der Waals surface area contributed by atoms with Crippen LogP contribution in [-0.4, -0.2) is 48.5 Å². The summed E-state index contributed by atoms with van der Waals surface area (Å²) in [5, 5.41) is 0. The van der Waals surface area contributed by atoms with Crippen molar-refractivity contribution in [3.05, 3.63) is 18.0 Å². The van der Waals surface area contributed by atoms with E-state index in [2.05, 4.69) is 9.97 Å². The maximum absolute atomic E-state index is 11.5. The van der Waals surface area contributed by atoms with Crippen molar-refractivity contribution in [2.24, 2.45) is 5.73 Å². The van der Waals surface area contributed by atoms with Gasteiger partial charge in [0.2, 0.25) is 11.9 Å². The molecule has 0 saturated carbocycles. The molecule has 0 saturated heterocycles. The standard InChI is InChI=1S/C10H17N5O/c1-14(2)9(16)7-15(3)10-12-5-8(4-11)6-13-10/h5-6H,4,7,11H2,1-3H3. The lowest BCUT2D eigenvalue weighted by molar-refractivity contribution is -0.127. The fourth-order valence-electron chi connectivity index (χ4n) is 1.07. The Bertz CT molecular complexity index is 349. The van der Waals surface area contributed by atoms with Crippen LogP contribution in [0.1, 0.15) is 5.56 Å². The number of anilines is 1. The summed E-state index contributed by atoms with van der Waals surface area (Å²) in [5.74, 6) is 0.529. The van der Waals surface area contributed by atoms with E-state index in [0.29, 0.717) is 12.5 Å². The van der Waals surface area contributed by atoms with Gasteiger partial charge in [0.25, 0.3) is 0 Å². The largest absolute Gasteiger partial charge is 0.347 e. The topological polar surface area (TPSA) is 75.4 Å².